The van der Waals surface area contributed by atoms with Crippen LogP contribution in [-0.2, 0) is 0 Å². The first-order valence-corrected chi connectivity index (χ1v) is 3.44. The number of rotatable bonds is 0. The lowest BCUT2D eigenvalue weighted by Crippen LogP contribution is -1.67. The van der Waals surface area contributed by atoms with Gasteiger partial charge in [0.15, 0.2) is 0 Å². The molecular formula is C6H6Cl3F3. The van der Waals surface area contributed by atoms with Crippen LogP contribution in [0.4, 0.5) is 14.1 Å². The Balaban J connectivity index is -0.000000270. The van der Waals surface area contributed by atoms with Crippen LogP contribution in [0.15, 0.2) is 18.2 Å². The molecule has 12 heavy (non-hydrogen) atoms. The Hall–Kier alpha value is -0.120. The highest BCUT2D eigenvalue weighted by atomic mass is 35.5. The second-order valence-corrected chi connectivity index (χ2v) is 2.73. The van der Waals surface area contributed by atoms with Crippen molar-refractivity contribution in [2.24, 2.45) is 0 Å². The van der Waals surface area contributed by atoms with E-state index in [9.17, 15) is 0 Å². The van der Waals surface area contributed by atoms with Crippen LogP contribution in [0.5, 0.6) is 0 Å². The van der Waals surface area contributed by atoms with Crippen LogP contribution in [0.2, 0.25) is 15.1 Å². The molecule has 0 N–H and O–H groups in total. The summed E-state index contributed by atoms with van der Waals surface area (Å²) in [5, 5.41) is 1.40. The predicted molar refractivity (Wildman–Crippen MR) is 49.0 cm³/mol. The van der Waals surface area contributed by atoms with E-state index in [2.05, 4.69) is 0 Å². The molecule has 6 heteroatoms. The second kappa shape index (κ2) is 7.53. The molecule has 0 amide bonds. The monoisotopic (exact) mass is 240 g/mol. The molecule has 1 aromatic carbocycles. The first-order valence-electron chi connectivity index (χ1n) is 2.31. The van der Waals surface area contributed by atoms with Gasteiger partial charge in [-0.05, 0) is 12.1 Å². The first-order chi connectivity index (χ1) is 4.22. The van der Waals surface area contributed by atoms with Crippen LogP contribution < -0.4 is 0 Å². The molecule has 0 fully saturated rings. The number of hydrogen-bond acceptors (Lipinski definition) is 0. The maximum Gasteiger partial charge on any atom is 0.0778 e. The van der Waals surface area contributed by atoms with Crippen molar-refractivity contribution < 1.29 is 14.1 Å². The summed E-state index contributed by atoms with van der Waals surface area (Å²) in [7, 11) is 0. The maximum atomic E-state index is 5.61. The van der Waals surface area contributed by atoms with Gasteiger partial charge in [-0.25, -0.2) is 0 Å². The molecule has 0 atom stereocenters. The number of halogens is 6. The van der Waals surface area contributed by atoms with Gasteiger partial charge in [0.05, 0.1) is 15.1 Å². The Morgan fingerprint density at radius 2 is 1.08 bits per heavy atom. The van der Waals surface area contributed by atoms with E-state index in [-0.39, 0.29) is 14.1 Å². The van der Waals surface area contributed by atoms with Crippen LogP contribution in [0.3, 0.4) is 0 Å². The molecule has 0 nitrogen and oxygen atoms in total. The van der Waals surface area contributed by atoms with Crippen molar-refractivity contribution in [3.63, 3.8) is 0 Å². The van der Waals surface area contributed by atoms with Crippen molar-refractivity contribution in [3.05, 3.63) is 33.3 Å². The third kappa shape index (κ3) is 4.04. The molecule has 0 aromatic heterocycles. The summed E-state index contributed by atoms with van der Waals surface area (Å²) in [5.74, 6) is 0. The van der Waals surface area contributed by atoms with E-state index in [1.165, 1.54) is 0 Å². The normalized spacial score (nSPS) is 7.25. The minimum absolute atomic E-state index is 0. The Kier molecular flexibility index (Phi) is 11.2. The van der Waals surface area contributed by atoms with Crippen molar-refractivity contribution in [2.45, 2.75) is 0 Å². The van der Waals surface area contributed by atoms with E-state index in [0.717, 1.165) is 0 Å². The summed E-state index contributed by atoms with van der Waals surface area (Å²) in [6.45, 7) is 0. The zero-order chi connectivity index (χ0) is 6.85. The molecule has 0 unspecified atom stereocenters. The van der Waals surface area contributed by atoms with Gasteiger partial charge < -0.3 is 0 Å². The molecule has 0 saturated heterocycles. The quantitative estimate of drug-likeness (QED) is 0.600. The predicted octanol–water partition coefficient (Wildman–Crippen LogP) is 4.10. The van der Waals surface area contributed by atoms with E-state index in [4.69, 9.17) is 34.8 Å². The Labute approximate surface area is 82.5 Å². The molecule has 0 spiro atoms. The number of benzene rings is 1. The SMILES string of the molecule is Clc1cccc(Cl)c1Cl.F.F.F. The standard InChI is InChI=1S/C6H3Cl3.3FH/c7-4-2-1-3-5(8)6(4)9;;;/h1-3H;3*1H. The fraction of sp³-hybridized carbons (Fsp3) is 0. The largest absolute Gasteiger partial charge is 0.269 e. The molecule has 1 rings (SSSR count). The van der Waals surface area contributed by atoms with Crippen molar-refractivity contribution in [1.29, 1.82) is 0 Å². The van der Waals surface area contributed by atoms with Gasteiger partial charge in [-0.1, -0.05) is 40.9 Å². The van der Waals surface area contributed by atoms with Crippen molar-refractivity contribution in [3.8, 4) is 0 Å². The van der Waals surface area contributed by atoms with Crippen molar-refractivity contribution >= 4 is 34.8 Å². The van der Waals surface area contributed by atoms with Gasteiger partial charge in [-0.3, -0.25) is 14.1 Å². The molecule has 0 aliphatic rings. The van der Waals surface area contributed by atoms with Gasteiger partial charge >= 0.3 is 0 Å². The van der Waals surface area contributed by atoms with Crippen LogP contribution >= 0.6 is 34.8 Å². The van der Waals surface area contributed by atoms with E-state index in [0.29, 0.717) is 15.1 Å². The fourth-order valence-electron chi connectivity index (χ4n) is 0.477. The van der Waals surface area contributed by atoms with Gasteiger partial charge in [-0.15, -0.1) is 0 Å². The lowest BCUT2D eigenvalue weighted by atomic mass is 10.4. The zero-order valence-electron chi connectivity index (χ0n) is 5.59. The van der Waals surface area contributed by atoms with E-state index >= 15 is 0 Å². The van der Waals surface area contributed by atoms with Crippen LogP contribution in [0.1, 0.15) is 0 Å². The molecule has 72 valence electrons. The Bertz CT molecular complexity index is 209. The second-order valence-electron chi connectivity index (χ2n) is 1.54. The van der Waals surface area contributed by atoms with E-state index in [1.807, 2.05) is 0 Å². The van der Waals surface area contributed by atoms with Gasteiger partial charge in [-0.2, -0.15) is 0 Å². The Morgan fingerprint density at radius 1 is 0.750 bits per heavy atom. The summed E-state index contributed by atoms with van der Waals surface area (Å²) in [5.41, 5.74) is 0. The summed E-state index contributed by atoms with van der Waals surface area (Å²) >= 11 is 16.8. The molecule has 0 radical (unpaired) electrons. The van der Waals surface area contributed by atoms with E-state index < -0.39 is 0 Å². The molecular weight excluding hydrogens is 235 g/mol. The molecule has 0 bridgehead atoms. The van der Waals surface area contributed by atoms with Crippen LogP contribution in [0.25, 0.3) is 0 Å². The smallest absolute Gasteiger partial charge is 0.0778 e. The zero-order valence-corrected chi connectivity index (χ0v) is 7.86. The average molecular weight is 241 g/mol. The Morgan fingerprint density at radius 3 is 1.33 bits per heavy atom. The number of hydrogen-bond donors (Lipinski definition) is 0. The van der Waals surface area contributed by atoms with E-state index in [1.54, 1.807) is 18.2 Å². The molecule has 0 aliphatic carbocycles. The molecule has 0 saturated carbocycles. The minimum Gasteiger partial charge on any atom is -0.269 e. The highest BCUT2D eigenvalue weighted by Crippen LogP contribution is 2.28. The van der Waals surface area contributed by atoms with Crippen LogP contribution in [-0.4, -0.2) is 0 Å². The minimum atomic E-state index is 0. The summed E-state index contributed by atoms with van der Waals surface area (Å²) in [4.78, 5) is 0. The molecule has 0 heterocycles. The van der Waals surface area contributed by atoms with Crippen molar-refractivity contribution in [2.75, 3.05) is 0 Å². The summed E-state index contributed by atoms with van der Waals surface area (Å²) < 4.78 is 0. The lowest BCUT2D eigenvalue weighted by molar-refractivity contribution is 1.11. The van der Waals surface area contributed by atoms with Gasteiger partial charge in [0, 0.05) is 0 Å². The van der Waals surface area contributed by atoms with Crippen molar-refractivity contribution in [1.82, 2.24) is 0 Å². The average Bonchev–Trinajstić information content (AvgIpc) is 1.83. The molecule has 1 aromatic rings. The molecule has 0 aliphatic heterocycles. The van der Waals surface area contributed by atoms with Gasteiger partial charge in [0.25, 0.3) is 0 Å². The fourth-order valence-corrected chi connectivity index (χ4v) is 1.00. The third-order valence-electron chi connectivity index (χ3n) is 0.904. The topological polar surface area (TPSA) is 0 Å². The van der Waals surface area contributed by atoms with Gasteiger partial charge in [0.1, 0.15) is 0 Å². The third-order valence-corrected chi connectivity index (χ3v) is 2.14. The first kappa shape index (κ1) is 17.8. The van der Waals surface area contributed by atoms with Gasteiger partial charge in [0.2, 0.25) is 0 Å². The highest BCUT2D eigenvalue weighted by molar-refractivity contribution is 6.47. The maximum absolute atomic E-state index is 5.61. The van der Waals surface area contributed by atoms with Crippen LogP contribution in [0, 0.1) is 0 Å². The summed E-state index contributed by atoms with van der Waals surface area (Å²) in [6.07, 6.45) is 0. The lowest BCUT2D eigenvalue weighted by Gasteiger charge is -1.94. The highest BCUT2D eigenvalue weighted by Gasteiger charge is 1.98. The summed E-state index contributed by atoms with van der Waals surface area (Å²) in [6, 6.07) is 5.13.